The van der Waals surface area contributed by atoms with Crippen molar-refractivity contribution in [3.05, 3.63) is 53.1 Å². The highest BCUT2D eigenvalue weighted by molar-refractivity contribution is 6.31. The molecule has 1 amide bonds. The third-order valence-electron chi connectivity index (χ3n) is 4.48. The van der Waals surface area contributed by atoms with Gasteiger partial charge in [0.25, 0.3) is 0 Å². The van der Waals surface area contributed by atoms with Gasteiger partial charge >= 0.3 is 0 Å². The summed E-state index contributed by atoms with van der Waals surface area (Å²) in [5, 5.41) is 3.49. The van der Waals surface area contributed by atoms with Crippen LogP contribution in [-0.2, 0) is 11.2 Å². The highest BCUT2D eigenvalue weighted by Crippen LogP contribution is 2.34. The average Bonchev–Trinajstić information content (AvgIpc) is 2.90. The number of fused-ring (bicyclic) bond motifs is 1. The zero-order chi connectivity index (χ0) is 17.3. The highest BCUT2D eigenvalue weighted by atomic mass is 35.5. The van der Waals surface area contributed by atoms with E-state index in [-0.39, 0.29) is 18.0 Å². The van der Waals surface area contributed by atoms with Crippen molar-refractivity contribution >= 4 is 28.9 Å². The van der Waals surface area contributed by atoms with Crippen LogP contribution in [0.25, 0.3) is 0 Å². The number of ether oxygens (including phenoxy) is 1. The minimum atomic E-state index is -0.299. The molecule has 0 unspecified atom stereocenters. The molecule has 0 spiro atoms. The molecule has 4 nitrogen and oxygen atoms in total. The van der Waals surface area contributed by atoms with Crippen LogP contribution in [0.15, 0.2) is 42.5 Å². The molecular weight excluding hydrogens is 324 g/mol. The van der Waals surface area contributed by atoms with Crippen LogP contribution in [0.4, 0.5) is 11.4 Å². The minimum absolute atomic E-state index is 0.0841. The van der Waals surface area contributed by atoms with E-state index in [9.17, 15) is 4.79 Å². The molecule has 2 aromatic carbocycles. The number of hydrogen-bond donors (Lipinski definition) is 1. The van der Waals surface area contributed by atoms with Crippen molar-refractivity contribution in [2.75, 3.05) is 17.3 Å². The van der Waals surface area contributed by atoms with Crippen molar-refractivity contribution < 1.29 is 9.53 Å². The number of carbonyl (C=O) groups excluding carboxylic acids is 1. The van der Waals surface area contributed by atoms with Gasteiger partial charge in [-0.2, -0.15) is 0 Å². The summed E-state index contributed by atoms with van der Waals surface area (Å²) in [5.74, 6) is 0.508. The number of para-hydroxylation sites is 1. The van der Waals surface area contributed by atoms with Crippen molar-refractivity contribution in [2.45, 2.75) is 32.4 Å². The molecule has 24 heavy (non-hydrogen) atoms. The zero-order valence-electron chi connectivity index (χ0n) is 14.0. The van der Waals surface area contributed by atoms with Crippen LogP contribution >= 0.6 is 11.6 Å². The summed E-state index contributed by atoms with van der Waals surface area (Å²) < 4.78 is 5.30. The normalized spacial score (nSPS) is 17.3. The summed E-state index contributed by atoms with van der Waals surface area (Å²) in [6.07, 6.45) is 0.953. The van der Waals surface area contributed by atoms with Crippen molar-refractivity contribution in [3.63, 3.8) is 0 Å². The largest absolute Gasteiger partial charge is 0.495 e. The van der Waals surface area contributed by atoms with Crippen molar-refractivity contribution in [3.8, 4) is 5.75 Å². The smallest absolute Gasteiger partial charge is 0.246 e. The first-order valence-corrected chi connectivity index (χ1v) is 8.39. The Kier molecular flexibility index (Phi) is 4.67. The first kappa shape index (κ1) is 16.7. The first-order chi connectivity index (χ1) is 11.5. The molecule has 0 aliphatic carbocycles. The lowest BCUT2D eigenvalue weighted by Gasteiger charge is -2.31. The maximum atomic E-state index is 12.8. The lowest BCUT2D eigenvalue weighted by atomic mass is 10.1. The van der Waals surface area contributed by atoms with Crippen LogP contribution < -0.4 is 15.0 Å². The van der Waals surface area contributed by atoms with Gasteiger partial charge < -0.3 is 15.0 Å². The SMILES string of the molecule is COc1ccc(Cl)cc1NC(=O)[C@H](C)N1c2ccccc2C[C@H]1C. The van der Waals surface area contributed by atoms with Crippen LogP contribution in [0.5, 0.6) is 5.75 Å². The van der Waals surface area contributed by atoms with Gasteiger partial charge in [-0.05, 0) is 50.1 Å². The van der Waals surface area contributed by atoms with Crippen LogP contribution in [-0.4, -0.2) is 25.1 Å². The number of amides is 1. The molecule has 0 saturated heterocycles. The summed E-state index contributed by atoms with van der Waals surface area (Å²) in [6.45, 7) is 4.06. The van der Waals surface area contributed by atoms with Gasteiger partial charge in [0, 0.05) is 16.8 Å². The van der Waals surface area contributed by atoms with Crippen molar-refractivity contribution in [1.82, 2.24) is 0 Å². The van der Waals surface area contributed by atoms with E-state index in [1.54, 1.807) is 25.3 Å². The Labute approximate surface area is 147 Å². The number of methoxy groups -OCH3 is 1. The van der Waals surface area contributed by atoms with E-state index in [4.69, 9.17) is 16.3 Å². The topological polar surface area (TPSA) is 41.6 Å². The third-order valence-corrected chi connectivity index (χ3v) is 4.71. The molecule has 1 aliphatic rings. The Hall–Kier alpha value is -2.20. The molecular formula is C19H21ClN2O2. The summed E-state index contributed by atoms with van der Waals surface area (Å²) >= 11 is 6.04. The molecule has 0 radical (unpaired) electrons. The fraction of sp³-hybridized carbons (Fsp3) is 0.316. The van der Waals surface area contributed by atoms with E-state index in [0.29, 0.717) is 16.5 Å². The number of halogens is 1. The Bertz CT molecular complexity index is 763. The fourth-order valence-corrected chi connectivity index (χ4v) is 3.49. The van der Waals surface area contributed by atoms with Gasteiger partial charge in [0.2, 0.25) is 5.91 Å². The van der Waals surface area contributed by atoms with Gasteiger partial charge in [-0.3, -0.25) is 4.79 Å². The molecule has 5 heteroatoms. The van der Waals surface area contributed by atoms with E-state index >= 15 is 0 Å². The van der Waals surface area contributed by atoms with E-state index in [1.807, 2.05) is 19.1 Å². The molecule has 0 fully saturated rings. The maximum absolute atomic E-state index is 12.8. The minimum Gasteiger partial charge on any atom is -0.495 e. The Morgan fingerprint density at radius 2 is 2.08 bits per heavy atom. The number of nitrogens with one attached hydrogen (secondary N) is 1. The number of rotatable bonds is 4. The molecule has 2 atom stereocenters. The van der Waals surface area contributed by atoms with Gasteiger partial charge in [0.15, 0.2) is 0 Å². The van der Waals surface area contributed by atoms with Gasteiger partial charge in [0.05, 0.1) is 12.8 Å². The molecule has 1 aliphatic heterocycles. The lowest BCUT2D eigenvalue weighted by molar-refractivity contribution is -0.117. The summed E-state index contributed by atoms with van der Waals surface area (Å²) in [5.41, 5.74) is 3.00. The molecule has 126 valence electrons. The summed E-state index contributed by atoms with van der Waals surface area (Å²) in [6, 6.07) is 13.4. The van der Waals surface area contributed by atoms with Crippen molar-refractivity contribution in [1.29, 1.82) is 0 Å². The van der Waals surface area contributed by atoms with Crippen LogP contribution in [0.2, 0.25) is 5.02 Å². The molecule has 0 aromatic heterocycles. The second-order valence-corrected chi connectivity index (χ2v) is 6.54. The number of carbonyl (C=O) groups is 1. The van der Waals surface area contributed by atoms with E-state index in [1.165, 1.54) is 5.56 Å². The molecule has 2 aromatic rings. The number of hydrogen-bond acceptors (Lipinski definition) is 3. The lowest BCUT2D eigenvalue weighted by Crippen LogP contribution is -2.45. The van der Waals surface area contributed by atoms with Gasteiger partial charge in [-0.1, -0.05) is 29.8 Å². The molecule has 3 rings (SSSR count). The average molecular weight is 345 g/mol. The number of anilines is 2. The summed E-state index contributed by atoms with van der Waals surface area (Å²) in [7, 11) is 1.57. The standard InChI is InChI=1S/C19H21ClN2O2/c1-12-10-14-6-4-5-7-17(14)22(12)13(2)19(23)21-16-11-15(20)8-9-18(16)24-3/h4-9,11-13H,10H2,1-3H3,(H,21,23)/t12-,13+/m1/s1. The Morgan fingerprint density at radius 3 is 2.83 bits per heavy atom. The van der Waals surface area contributed by atoms with Crippen molar-refractivity contribution in [2.24, 2.45) is 0 Å². The van der Waals surface area contributed by atoms with Crippen LogP contribution in [0.1, 0.15) is 19.4 Å². The quantitative estimate of drug-likeness (QED) is 0.906. The van der Waals surface area contributed by atoms with E-state index < -0.39 is 0 Å². The second-order valence-electron chi connectivity index (χ2n) is 6.10. The summed E-state index contributed by atoms with van der Waals surface area (Å²) in [4.78, 5) is 15.0. The number of nitrogens with zero attached hydrogens (tertiary/aromatic N) is 1. The number of benzene rings is 2. The van der Waals surface area contributed by atoms with Crippen LogP contribution in [0.3, 0.4) is 0 Å². The molecule has 1 heterocycles. The zero-order valence-corrected chi connectivity index (χ0v) is 14.8. The van der Waals surface area contributed by atoms with Gasteiger partial charge in [-0.15, -0.1) is 0 Å². The predicted molar refractivity (Wildman–Crippen MR) is 98.2 cm³/mol. The van der Waals surface area contributed by atoms with Crippen LogP contribution in [0, 0.1) is 0 Å². The monoisotopic (exact) mass is 344 g/mol. The highest BCUT2D eigenvalue weighted by Gasteiger charge is 2.32. The Morgan fingerprint density at radius 1 is 1.33 bits per heavy atom. The molecule has 0 bridgehead atoms. The van der Waals surface area contributed by atoms with E-state index in [0.717, 1.165) is 12.1 Å². The fourth-order valence-electron chi connectivity index (χ4n) is 3.32. The predicted octanol–water partition coefficient (Wildman–Crippen LogP) is 4.13. The maximum Gasteiger partial charge on any atom is 0.246 e. The third kappa shape index (κ3) is 3.06. The van der Waals surface area contributed by atoms with Gasteiger partial charge in [-0.25, -0.2) is 0 Å². The Balaban J connectivity index is 1.82. The first-order valence-electron chi connectivity index (χ1n) is 8.02. The molecule has 1 N–H and O–H groups in total. The van der Waals surface area contributed by atoms with E-state index in [2.05, 4.69) is 29.3 Å². The van der Waals surface area contributed by atoms with Gasteiger partial charge in [0.1, 0.15) is 11.8 Å². The second kappa shape index (κ2) is 6.73. The molecule has 0 saturated carbocycles.